The number of alkyl halides is 1. The van der Waals surface area contributed by atoms with Gasteiger partial charge in [-0.3, -0.25) is 0 Å². The normalized spacial score (nSPS) is 14.2. The van der Waals surface area contributed by atoms with Crippen molar-refractivity contribution in [2.24, 2.45) is 0 Å². The van der Waals surface area contributed by atoms with Crippen LogP contribution in [0.5, 0.6) is 0 Å². The third kappa shape index (κ3) is 2.20. The Hall–Kier alpha value is -0.980. The predicted molar refractivity (Wildman–Crippen MR) is 75.2 cm³/mol. The first-order chi connectivity index (χ1) is 7.86. The molecular formula is C15H14Cl2. The van der Waals surface area contributed by atoms with Crippen LogP contribution in [0, 0.1) is 0 Å². The molecule has 1 aliphatic carbocycles. The van der Waals surface area contributed by atoms with E-state index in [1.54, 1.807) is 0 Å². The molecule has 0 atom stereocenters. The molecule has 1 aliphatic rings. The fourth-order valence-electron chi connectivity index (χ4n) is 2.46. The molecule has 0 aromatic heterocycles. The van der Waals surface area contributed by atoms with Gasteiger partial charge in [0.05, 0.1) is 5.38 Å². The van der Waals surface area contributed by atoms with Gasteiger partial charge in [-0.1, -0.05) is 48.5 Å². The van der Waals surface area contributed by atoms with E-state index in [4.69, 9.17) is 11.6 Å². The highest BCUT2D eigenvalue weighted by Crippen LogP contribution is 2.36. The van der Waals surface area contributed by atoms with Crippen LogP contribution in [0.2, 0.25) is 0 Å². The highest BCUT2D eigenvalue weighted by atomic mass is 35.5. The first-order valence-electron chi connectivity index (χ1n) is 5.66. The largest absolute Gasteiger partial charge is 0.147 e. The molecule has 0 radical (unpaired) electrons. The van der Waals surface area contributed by atoms with Crippen LogP contribution >= 0.6 is 24.0 Å². The van der Waals surface area contributed by atoms with Gasteiger partial charge in [0.15, 0.2) is 0 Å². The van der Waals surface area contributed by atoms with Crippen molar-refractivity contribution < 1.29 is 0 Å². The summed E-state index contributed by atoms with van der Waals surface area (Å²) in [6, 6.07) is 17.0. The molecule has 0 N–H and O–H groups in total. The quantitative estimate of drug-likeness (QED) is 0.614. The second kappa shape index (κ2) is 5.12. The first kappa shape index (κ1) is 12.5. The summed E-state index contributed by atoms with van der Waals surface area (Å²) in [5.74, 6) is 0. The molecular weight excluding hydrogens is 251 g/mol. The van der Waals surface area contributed by atoms with E-state index in [9.17, 15) is 0 Å². The van der Waals surface area contributed by atoms with Crippen LogP contribution in [0.1, 0.15) is 27.6 Å². The van der Waals surface area contributed by atoms with Gasteiger partial charge in [0.1, 0.15) is 0 Å². The van der Waals surface area contributed by atoms with E-state index >= 15 is 0 Å². The van der Waals surface area contributed by atoms with E-state index in [0.717, 1.165) is 12.8 Å². The number of hydrogen-bond donors (Lipinski definition) is 0. The zero-order valence-electron chi connectivity index (χ0n) is 9.40. The highest BCUT2D eigenvalue weighted by Gasteiger charge is 2.20. The third-order valence-corrected chi connectivity index (χ3v) is 3.79. The third-order valence-electron chi connectivity index (χ3n) is 3.32. The lowest BCUT2D eigenvalue weighted by Gasteiger charge is -2.12. The van der Waals surface area contributed by atoms with Crippen molar-refractivity contribution in [1.29, 1.82) is 0 Å². The number of halogens is 2. The predicted octanol–water partition coefficient (Wildman–Crippen LogP) is 4.54. The van der Waals surface area contributed by atoms with Crippen LogP contribution in [0.3, 0.4) is 0 Å². The van der Waals surface area contributed by atoms with E-state index in [-0.39, 0.29) is 17.8 Å². The summed E-state index contributed by atoms with van der Waals surface area (Å²) in [5.41, 5.74) is 5.32. The van der Waals surface area contributed by atoms with E-state index in [1.807, 2.05) is 0 Å². The van der Waals surface area contributed by atoms with Crippen LogP contribution in [0.4, 0.5) is 0 Å². The van der Waals surface area contributed by atoms with Gasteiger partial charge in [-0.05, 0) is 35.1 Å². The Balaban J connectivity index is 0.00000108. The van der Waals surface area contributed by atoms with Crippen molar-refractivity contribution in [2.45, 2.75) is 18.2 Å². The van der Waals surface area contributed by atoms with E-state index < -0.39 is 0 Å². The Labute approximate surface area is 113 Å². The monoisotopic (exact) mass is 264 g/mol. The molecule has 3 rings (SSSR count). The molecule has 17 heavy (non-hydrogen) atoms. The van der Waals surface area contributed by atoms with Gasteiger partial charge >= 0.3 is 0 Å². The maximum atomic E-state index is 6.58. The van der Waals surface area contributed by atoms with Crippen LogP contribution in [0.25, 0.3) is 0 Å². The van der Waals surface area contributed by atoms with E-state index in [0.29, 0.717) is 0 Å². The minimum absolute atomic E-state index is 0. The molecule has 0 saturated carbocycles. The zero-order valence-corrected chi connectivity index (χ0v) is 11.0. The second-order valence-corrected chi connectivity index (χ2v) is 4.70. The maximum Gasteiger partial charge on any atom is 0.0840 e. The lowest BCUT2D eigenvalue weighted by Crippen LogP contribution is -1.95. The molecule has 2 aromatic rings. The fourth-order valence-corrected chi connectivity index (χ4v) is 2.88. The van der Waals surface area contributed by atoms with Gasteiger partial charge in [0, 0.05) is 0 Å². The number of benzene rings is 2. The van der Waals surface area contributed by atoms with Crippen LogP contribution < -0.4 is 0 Å². The minimum atomic E-state index is 0. The van der Waals surface area contributed by atoms with Gasteiger partial charge in [0.25, 0.3) is 0 Å². The molecule has 2 heteroatoms. The van der Waals surface area contributed by atoms with Crippen molar-refractivity contribution >= 4 is 24.0 Å². The Morgan fingerprint density at radius 3 is 1.65 bits per heavy atom. The molecule has 0 unspecified atom stereocenters. The Bertz CT molecular complexity index is 472. The highest BCUT2D eigenvalue weighted by molar-refractivity contribution is 6.22. The smallest absolute Gasteiger partial charge is 0.0840 e. The molecule has 88 valence electrons. The van der Waals surface area contributed by atoms with Gasteiger partial charge in [-0.25, -0.2) is 0 Å². The maximum absolute atomic E-state index is 6.58. The summed E-state index contributed by atoms with van der Waals surface area (Å²) in [7, 11) is 0. The summed E-state index contributed by atoms with van der Waals surface area (Å²) in [6.45, 7) is 0. The number of aryl methyl sites for hydroxylation is 2. The standard InChI is InChI=1S/C15H13Cl.ClH/c16-15-13-7-3-1-5-11(13)9-10-12-6-2-4-8-14(12)15;/h1-8,15H,9-10H2;1H. The molecule has 0 fully saturated rings. The van der Waals surface area contributed by atoms with Crippen molar-refractivity contribution in [3.05, 3.63) is 70.8 Å². The van der Waals surface area contributed by atoms with Crippen LogP contribution in [-0.2, 0) is 12.8 Å². The van der Waals surface area contributed by atoms with Crippen LogP contribution in [-0.4, -0.2) is 0 Å². The summed E-state index contributed by atoms with van der Waals surface area (Å²) in [5, 5.41) is 0.00917. The van der Waals surface area contributed by atoms with Crippen molar-refractivity contribution in [3.63, 3.8) is 0 Å². The molecule has 0 bridgehead atoms. The zero-order chi connectivity index (χ0) is 11.0. The van der Waals surface area contributed by atoms with Crippen molar-refractivity contribution in [3.8, 4) is 0 Å². The molecule has 0 aliphatic heterocycles. The van der Waals surface area contributed by atoms with Gasteiger partial charge in [0.2, 0.25) is 0 Å². The van der Waals surface area contributed by atoms with E-state index in [2.05, 4.69) is 48.5 Å². The Morgan fingerprint density at radius 2 is 1.18 bits per heavy atom. The Morgan fingerprint density at radius 1 is 0.765 bits per heavy atom. The SMILES string of the molecule is Cl.ClC1c2ccccc2CCc2ccccc21. The van der Waals surface area contributed by atoms with Gasteiger partial charge in [-0.2, -0.15) is 0 Å². The first-order valence-corrected chi connectivity index (χ1v) is 6.09. The van der Waals surface area contributed by atoms with Crippen LogP contribution in [0.15, 0.2) is 48.5 Å². The van der Waals surface area contributed by atoms with Gasteiger partial charge < -0.3 is 0 Å². The molecule has 2 aromatic carbocycles. The molecule has 0 heterocycles. The van der Waals surface area contributed by atoms with Gasteiger partial charge in [-0.15, -0.1) is 24.0 Å². The summed E-state index contributed by atoms with van der Waals surface area (Å²) < 4.78 is 0. The van der Waals surface area contributed by atoms with Crippen molar-refractivity contribution in [1.82, 2.24) is 0 Å². The molecule has 0 spiro atoms. The average Bonchev–Trinajstić information content (AvgIpc) is 2.49. The summed E-state index contributed by atoms with van der Waals surface area (Å²) in [6.07, 6.45) is 2.19. The summed E-state index contributed by atoms with van der Waals surface area (Å²) in [4.78, 5) is 0. The lowest BCUT2D eigenvalue weighted by molar-refractivity contribution is 0.965. The number of rotatable bonds is 0. The number of hydrogen-bond acceptors (Lipinski definition) is 0. The molecule has 0 amide bonds. The second-order valence-electron chi connectivity index (χ2n) is 4.26. The molecule has 0 saturated heterocycles. The fraction of sp³-hybridized carbons (Fsp3) is 0.200. The number of fused-ring (bicyclic) bond motifs is 2. The Kier molecular flexibility index (Phi) is 3.76. The summed E-state index contributed by atoms with van der Waals surface area (Å²) >= 11 is 6.58. The topological polar surface area (TPSA) is 0 Å². The van der Waals surface area contributed by atoms with E-state index in [1.165, 1.54) is 22.3 Å². The minimum Gasteiger partial charge on any atom is -0.147 e. The molecule has 0 nitrogen and oxygen atoms in total. The van der Waals surface area contributed by atoms with Crippen molar-refractivity contribution in [2.75, 3.05) is 0 Å². The average molecular weight is 265 g/mol. The lowest BCUT2D eigenvalue weighted by atomic mass is 10.00.